The molecule has 1 saturated carbocycles. The highest BCUT2D eigenvalue weighted by Crippen LogP contribution is 2.33. The second-order valence-electron chi connectivity index (χ2n) is 5.89. The van der Waals surface area contributed by atoms with Gasteiger partial charge in [-0.05, 0) is 24.8 Å². The Bertz CT molecular complexity index is 319. The maximum absolute atomic E-state index is 11.6. The predicted octanol–water partition coefficient (Wildman–Crippen LogP) is 2.62. The Kier molecular flexibility index (Phi) is 6.64. The number of hydrogen-bond donors (Lipinski definition) is 1. The quantitative estimate of drug-likeness (QED) is 0.740. The van der Waals surface area contributed by atoms with Crippen LogP contribution in [0.5, 0.6) is 0 Å². The van der Waals surface area contributed by atoms with Crippen LogP contribution in [0.4, 0.5) is 0 Å². The van der Waals surface area contributed by atoms with Gasteiger partial charge in [-0.1, -0.05) is 46.5 Å². The van der Waals surface area contributed by atoms with E-state index in [9.17, 15) is 8.42 Å². The van der Waals surface area contributed by atoms with Crippen LogP contribution in [-0.4, -0.2) is 32.5 Å². The van der Waals surface area contributed by atoms with Crippen molar-refractivity contribution in [3.05, 3.63) is 0 Å². The van der Waals surface area contributed by atoms with Gasteiger partial charge in [0.2, 0.25) is 0 Å². The molecule has 18 heavy (non-hydrogen) atoms. The molecule has 0 aromatic carbocycles. The Morgan fingerprint density at radius 3 is 2.33 bits per heavy atom. The average molecular weight is 275 g/mol. The maximum Gasteiger partial charge on any atom is 0.150 e. The van der Waals surface area contributed by atoms with Crippen LogP contribution in [-0.2, 0) is 9.84 Å². The summed E-state index contributed by atoms with van der Waals surface area (Å²) < 4.78 is 23.3. The third-order valence-electron chi connectivity index (χ3n) is 4.09. The second kappa shape index (κ2) is 7.49. The molecule has 0 amide bonds. The Morgan fingerprint density at radius 1 is 1.22 bits per heavy atom. The summed E-state index contributed by atoms with van der Waals surface area (Å²) in [5, 5.41) is 3.48. The van der Waals surface area contributed by atoms with Gasteiger partial charge in [0.15, 0.2) is 0 Å². The molecule has 1 fully saturated rings. The van der Waals surface area contributed by atoms with Gasteiger partial charge < -0.3 is 5.32 Å². The molecule has 0 bridgehead atoms. The van der Waals surface area contributed by atoms with Crippen molar-refractivity contribution >= 4 is 9.84 Å². The summed E-state index contributed by atoms with van der Waals surface area (Å²) >= 11 is 0. The number of hydrogen-bond acceptors (Lipinski definition) is 3. The van der Waals surface area contributed by atoms with E-state index >= 15 is 0 Å². The van der Waals surface area contributed by atoms with E-state index in [0.29, 0.717) is 17.7 Å². The van der Waals surface area contributed by atoms with E-state index in [2.05, 4.69) is 19.2 Å². The fourth-order valence-corrected chi connectivity index (χ4v) is 3.75. The van der Waals surface area contributed by atoms with Crippen LogP contribution < -0.4 is 5.32 Å². The third-order valence-corrected chi connectivity index (χ3v) is 5.83. The summed E-state index contributed by atoms with van der Waals surface area (Å²) in [5.41, 5.74) is 0. The van der Waals surface area contributed by atoms with Crippen LogP contribution in [0, 0.1) is 11.8 Å². The van der Waals surface area contributed by atoms with E-state index < -0.39 is 9.84 Å². The van der Waals surface area contributed by atoms with Gasteiger partial charge in [-0.25, -0.2) is 8.42 Å². The van der Waals surface area contributed by atoms with Crippen molar-refractivity contribution in [1.82, 2.24) is 5.32 Å². The first-order chi connectivity index (χ1) is 8.44. The fourth-order valence-electron chi connectivity index (χ4n) is 2.80. The standard InChI is InChI=1S/C14H29NO2S/c1-4-18(16,17)10-9-14(11-15-12(2)3)13-7-5-6-8-13/h12-15H,4-11H2,1-3H3. The molecule has 1 N–H and O–H groups in total. The summed E-state index contributed by atoms with van der Waals surface area (Å²) in [7, 11) is -2.81. The monoisotopic (exact) mass is 275 g/mol. The zero-order valence-corrected chi connectivity index (χ0v) is 12.9. The minimum atomic E-state index is -2.81. The van der Waals surface area contributed by atoms with Crippen molar-refractivity contribution in [1.29, 1.82) is 0 Å². The molecule has 3 nitrogen and oxygen atoms in total. The predicted molar refractivity (Wildman–Crippen MR) is 77.5 cm³/mol. The van der Waals surface area contributed by atoms with Crippen LogP contribution in [0.1, 0.15) is 52.9 Å². The molecular formula is C14H29NO2S. The van der Waals surface area contributed by atoms with Crippen molar-refractivity contribution < 1.29 is 8.42 Å². The first kappa shape index (κ1) is 16.0. The SMILES string of the molecule is CCS(=O)(=O)CCC(CNC(C)C)C1CCCC1. The number of nitrogens with one attached hydrogen (secondary N) is 1. The Morgan fingerprint density at radius 2 is 1.83 bits per heavy atom. The molecule has 0 spiro atoms. The van der Waals surface area contributed by atoms with Crippen LogP contribution >= 0.6 is 0 Å². The maximum atomic E-state index is 11.6. The van der Waals surface area contributed by atoms with E-state index in [0.717, 1.165) is 18.9 Å². The van der Waals surface area contributed by atoms with Crippen molar-refractivity contribution in [2.75, 3.05) is 18.1 Å². The lowest BCUT2D eigenvalue weighted by Crippen LogP contribution is -2.33. The molecule has 1 aliphatic carbocycles. The second-order valence-corrected chi connectivity index (χ2v) is 8.37. The van der Waals surface area contributed by atoms with E-state index in [4.69, 9.17) is 0 Å². The van der Waals surface area contributed by atoms with Gasteiger partial charge in [-0.3, -0.25) is 0 Å². The smallest absolute Gasteiger partial charge is 0.150 e. The van der Waals surface area contributed by atoms with E-state index in [1.807, 2.05) is 0 Å². The van der Waals surface area contributed by atoms with Crippen molar-refractivity contribution in [3.8, 4) is 0 Å². The van der Waals surface area contributed by atoms with Gasteiger partial charge >= 0.3 is 0 Å². The largest absolute Gasteiger partial charge is 0.314 e. The zero-order chi connectivity index (χ0) is 13.6. The highest BCUT2D eigenvalue weighted by molar-refractivity contribution is 7.91. The Balaban J connectivity index is 2.48. The molecule has 108 valence electrons. The average Bonchev–Trinajstić information content (AvgIpc) is 2.82. The lowest BCUT2D eigenvalue weighted by Gasteiger charge is -2.25. The van der Waals surface area contributed by atoms with Crippen LogP contribution in [0.2, 0.25) is 0 Å². The molecule has 1 unspecified atom stereocenters. The van der Waals surface area contributed by atoms with Gasteiger partial charge in [-0.15, -0.1) is 0 Å². The van der Waals surface area contributed by atoms with Crippen molar-refractivity contribution in [2.45, 2.75) is 58.9 Å². The van der Waals surface area contributed by atoms with Gasteiger partial charge in [0.25, 0.3) is 0 Å². The molecule has 1 rings (SSSR count). The highest BCUT2D eigenvalue weighted by Gasteiger charge is 2.26. The van der Waals surface area contributed by atoms with Crippen molar-refractivity contribution in [3.63, 3.8) is 0 Å². The number of sulfone groups is 1. The first-order valence-corrected chi connectivity index (χ1v) is 9.20. The molecule has 0 aromatic heterocycles. The van der Waals surface area contributed by atoms with E-state index in [-0.39, 0.29) is 5.75 Å². The summed E-state index contributed by atoms with van der Waals surface area (Å²) in [6.45, 7) is 7.01. The Hall–Kier alpha value is -0.0900. The van der Waals surface area contributed by atoms with Crippen LogP contribution in [0.15, 0.2) is 0 Å². The lowest BCUT2D eigenvalue weighted by molar-refractivity contribution is 0.307. The van der Waals surface area contributed by atoms with Crippen LogP contribution in [0.3, 0.4) is 0 Å². The van der Waals surface area contributed by atoms with Gasteiger partial charge in [0.05, 0.1) is 5.75 Å². The fraction of sp³-hybridized carbons (Fsp3) is 1.00. The summed E-state index contributed by atoms with van der Waals surface area (Å²) in [6, 6.07) is 0.483. The Labute approximate surface area is 113 Å². The minimum Gasteiger partial charge on any atom is -0.314 e. The molecule has 0 aromatic rings. The molecule has 0 radical (unpaired) electrons. The van der Waals surface area contributed by atoms with E-state index in [1.54, 1.807) is 6.92 Å². The minimum absolute atomic E-state index is 0.280. The lowest BCUT2D eigenvalue weighted by atomic mass is 9.88. The summed E-state index contributed by atoms with van der Waals surface area (Å²) in [4.78, 5) is 0. The van der Waals surface area contributed by atoms with E-state index in [1.165, 1.54) is 25.7 Å². The van der Waals surface area contributed by atoms with Gasteiger partial charge in [0, 0.05) is 11.8 Å². The summed E-state index contributed by atoms with van der Waals surface area (Å²) in [5.74, 6) is 1.92. The molecule has 4 heteroatoms. The normalized spacial score (nSPS) is 19.6. The topological polar surface area (TPSA) is 46.2 Å². The van der Waals surface area contributed by atoms with Gasteiger partial charge in [0.1, 0.15) is 9.84 Å². The first-order valence-electron chi connectivity index (χ1n) is 7.38. The summed E-state index contributed by atoms with van der Waals surface area (Å²) in [6.07, 6.45) is 6.06. The number of rotatable bonds is 8. The molecular weight excluding hydrogens is 246 g/mol. The zero-order valence-electron chi connectivity index (χ0n) is 12.1. The molecule has 1 aliphatic rings. The molecule has 0 aliphatic heterocycles. The highest BCUT2D eigenvalue weighted by atomic mass is 32.2. The van der Waals surface area contributed by atoms with Gasteiger partial charge in [-0.2, -0.15) is 0 Å². The molecule has 1 atom stereocenters. The van der Waals surface area contributed by atoms with Crippen molar-refractivity contribution in [2.24, 2.45) is 11.8 Å². The molecule has 0 heterocycles. The third kappa shape index (κ3) is 5.70. The van der Waals surface area contributed by atoms with Crippen LogP contribution in [0.25, 0.3) is 0 Å². The molecule has 0 saturated heterocycles.